The van der Waals surface area contributed by atoms with Crippen LogP contribution < -0.4 is 29.0 Å². The number of amides is 1. The molecule has 0 spiro atoms. The number of para-hydroxylation sites is 3. The zero-order valence-corrected chi connectivity index (χ0v) is 26.8. The van der Waals surface area contributed by atoms with Crippen molar-refractivity contribution >= 4 is 41.7 Å². The van der Waals surface area contributed by atoms with E-state index in [4.69, 9.17) is 23.7 Å². The van der Waals surface area contributed by atoms with Gasteiger partial charge in [-0.1, -0.05) is 42.5 Å². The molecule has 0 aliphatic rings. The minimum Gasteiger partial charge on any atom is -0.480 e. The van der Waals surface area contributed by atoms with Crippen LogP contribution in [0.4, 0.5) is 0 Å². The molecule has 2 N–H and O–H groups in total. The molecule has 0 unspecified atom stereocenters. The predicted octanol–water partition coefficient (Wildman–Crippen LogP) is 4.33. The minimum atomic E-state index is -1.54. The highest BCUT2D eigenvalue weighted by Gasteiger charge is 2.26. The molecule has 4 aromatic rings. The second-order valence-electron chi connectivity index (χ2n) is 10.4. The SMILES string of the molecule is CC(=O)Oc1ccccc1C(=O)N[C@@H](Cc1ccc(OC(=O)c2ccccc2OC(C)=O)c(OC(=O)c2ccccc2OC(C)=O)c1)C(=O)O. The van der Waals surface area contributed by atoms with Crippen LogP contribution >= 0.6 is 0 Å². The lowest BCUT2D eigenvalue weighted by Gasteiger charge is -2.18. The lowest BCUT2D eigenvalue weighted by atomic mass is 10.0. The Kier molecular flexibility index (Phi) is 11.8. The molecule has 1 amide bonds. The summed E-state index contributed by atoms with van der Waals surface area (Å²) >= 11 is 0. The third-order valence-corrected chi connectivity index (χ3v) is 6.56. The second kappa shape index (κ2) is 16.3. The van der Waals surface area contributed by atoms with Crippen LogP contribution in [0.25, 0.3) is 0 Å². The average molecular weight is 684 g/mol. The molecule has 0 aliphatic heterocycles. The van der Waals surface area contributed by atoms with Gasteiger partial charge in [0.05, 0.1) is 5.56 Å². The van der Waals surface area contributed by atoms with E-state index in [9.17, 15) is 38.7 Å². The van der Waals surface area contributed by atoms with Crippen molar-refractivity contribution in [2.45, 2.75) is 33.2 Å². The summed E-state index contributed by atoms with van der Waals surface area (Å²) in [6, 6.07) is 19.5. The van der Waals surface area contributed by atoms with Crippen LogP contribution in [0.5, 0.6) is 28.7 Å². The third-order valence-electron chi connectivity index (χ3n) is 6.56. The monoisotopic (exact) mass is 683 g/mol. The Labute approximate surface area is 284 Å². The molecule has 1 atom stereocenters. The van der Waals surface area contributed by atoms with Gasteiger partial charge in [-0.3, -0.25) is 19.2 Å². The van der Waals surface area contributed by atoms with E-state index in [1.165, 1.54) is 91.0 Å². The van der Waals surface area contributed by atoms with E-state index in [-0.39, 0.29) is 57.4 Å². The van der Waals surface area contributed by atoms with Gasteiger partial charge in [-0.05, 0) is 54.1 Å². The minimum absolute atomic E-state index is 0.0775. The predicted molar refractivity (Wildman–Crippen MR) is 172 cm³/mol. The van der Waals surface area contributed by atoms with E-state index in [0.717, 1.165) is 20.8 Å². The van der Waals surface area contributed by atoms with Crippen molar-refractivity contribution < 1.29 is 62.4 Å². The topological polar surface area (TPSA) is 198 Å². The maximum Gasteiger partial charge on any atom is 0.347 e. The number of carboxylic acids is 1. The van der Waals surface area contributed by atoms with Crippen LogP contribution in [0.15, 0.2) is 91.0 Å². The molecule has 0 radical (unpaired) electrons. The molecular weight excluding hydrogens is 654 g/mol. The summed E-state index contributed by atoms with van der Waals surface area (Å²) in [6.45, 7) is 3.44. The fourth-order valence-electron chi connectivity index (χ4n) is 4.48. The molecule has 14 nitrogen and oxygen atoms in total. The summed E-state index contributed by atoms with van der Waals surface area (Å²) in [7, 11) is 0. The van der Waals surface area contributed by atoms with Crippen molar-refractivity contribution in [2.75, 3.05) is 0 Å². The van der Waals surface area contributed by atoms with Crippen molar-refractivity contribution in [3.8, 4) is 28.7 Å². The summed E-state index contributed by atoms with van der Waals surface area (Å²) in [6.07, 6.45) is -0.352. The number of benzene rings is 4. The molecular formula is C36H29NO13. The first-order chi connectivity index (χ1) is 23.8. The van der Waals surface area contributed by atoms with E-state index < -0.39 is 47.8 Å². The number of aliphatic carboxylic acids is 1. The number of esters is 5. The molecule has 0 saturated carbocycles. The number of hydrogen-bond donors (Lipinski definition) is 2. The van der Waals surface area contributed by atoms with Gasteiger partial charge < -0.3 is 34.1 Å². The number of carboxylic acid groups (broad SMARTS) is 1. The van der Waals surface area contributed by atoms with Gasteiger partial charge in [-0.2, -0.15) is 0 Å². The smallest absolute Gasteiger partial charge is 0.347 e. The number of carbonyl (C=O) groups is 7. The standard InChI is InChI=1S/C36H29NO13/c1-20(38)46-28-13-7-4-10-24(28)33(41)37-27(34(42)43)18-23-16-17-31(49-35(44)25-11-5-8-14-29(25)47-21(2)39)32(19-23)50-36(45)26-12-6-9-15-30(26)48-22(3)40/h4-17,19,27H,18H2,1-3H3,(H,37,41)(H,42,43)/t27-/m0/s1. The fraction of sp³-hybridized carbons (Fsp3) is 0.139. The molecule has 0 bridgehead atoms. The van der Waals surface area contributed by atoms with Gasteiger partial charge in [0.2, 0.25) is 0 Å². The van der Waals surface area contributed by atoms with Gasteiger partial charge >= 0.3 is 35.8 Å². The van der Waals surface area contributed by atoms with E-state index in [1.807, 2.05) is 0 Å². The Morgan fingerprint density at radius 1 is 0.540 bits per heavy atom. The first-order valence-electron chi connectivity index (χ1n) is 14.8. The normalized spacial score (nSPS) is 10.9. The molecule has 0 fully saturated rings. The van der Waals surface area contributed by atoms with Gasteiger partial charge in [0.1, 0.15) is 34.4 Å². The molecule has 0 aromatic heterocycles. The van der Waals surface area contributed by atoms with Gasteiger partial charge in [-0.25, -0.2) is 14.4 Å². The van der Waals surface area contributed by atoms with Crippen LogP contribution in [0.1, 0.15) is 57.4 Å². The quantitative estimate of drug-likeness (QED) is 0.158. The average Bonchev–Trinajstić information content (AvgIpc) is 3.05. The van der Waals surface area contributed by atoms with E-state index in [1.54, 1.807) is 0 Å². The zero-order valence-electron chi connectivity index (χ0n) is 26.8. The van der Waals surface area contributed by atoms with Crippen LogP contribution in [0.2, 0.25) is 0 Å². The molecule has 50 heavy (non-hydrogen) atoms. The van der Waals surface area contributed by atoms with Crippen LogP contribution in [0.3, 0.4) is 0 Å². The van der Waals surface area contributed by atoms with Crippen molar-refractivity contribution in [1.29, 1.82) is 0 Å². The molecule has 0 saturated heterocycles. The molecule has 0 aliphatic carbocycles. The van der Waals surface area contributed by atoms with Crippen molar-refractivity contribution in [3.05, 3.63) is 113 Å². The number of ether oxygens (including phenoxy) is 5. The lowest BCUT2D eigenvalue weighted by molar-refractivity contribution is -0.139. The summed E-state index contributed by atoms with van der Waals surface area (Å²) in [5.41, 5.74) is -0.173. The highest BCUT2D eigenvalue weighted by molar-refractivity contribution is 6.00. The van der Waals surface area contributed by atoms with Crippen molar-refractivity contribution in [1.82, 2.24) is 5.32 Å². The number of hydrogen-bond acceptors (Lipinski definition) is 12. The fourth-order valence-corrected chi connectivity index (χ4v) is 4.48. The first-order valence-corrected chi connectivity index (χ1v) is 14.8. The van der Waals surface area contributed by atoms with Crippen molar-refractivity contribution in [3.63, 3.8) is 0 Å². The Balaban J connectivity index is 1.68. The highest BCUT2D eigenvalue weighted by Crippen LogP contribution is 2.33. The summed E-state index contributed by atoms with van der Waals surface area (Å²) < 4.78 is 26.4. The van der Waals surface area contributed by atoms with E-state index >= 15 is 0 Å². The van der Waals surface area contributed by atoms with Gasteiger partial charge in [0.15, 0.2) is 11.5 Å². The second-order valence-corrected chi connectivity index (χ2v) is 10.4. The number of rotatable bonds is 12. The number of nitrogens with one attached hydrogen (secondary N) is 1. The van der Waals surface area contributed by atoms with Crippen LogP contribution in [-0.4, -0.2) is 52.9 Å². The third kappa shape index (κ3) is 9.60. The Morgan fingerprint density at radius 3 is 1.42 bits per heavy atom. The van der Waals surface area contributed by atoms with Gasteiger partial charge in [0.25, 0.3) is 5.91 Å². The number of carbonyl (C=O) groups excluding carboxylic acids is 6. The molecule has 4 aromatic carbocycles. The summed E-state index contributed by atoms with van der Waals surface area (Å²) in [5.74, 6) is -7.29. The highest BCUT2D eigenvalue weighted by atomic mass is 16.6. The molecule has 0 heterocycles. The van der Waals surface area contributed by atoms with E-state index in [2.05, 4.69) is 5.32 Å². The van der Waals surface area contributed by atoms with Gasteiger partial charge in [0, 0.05) is 27.2 Å². The van der Waals surface area contributed by atoms with Crippen LogP contribution in [0, 0.1) is 0 Å². The molecule has 256 valence electrons. The van der Waals surface area contributed by atoms with Crippen LogP contribution in [-0.2, 0) is 25.6 Å². The first kappa shape index (κ1) is 36.0. The maximum atomic E-state index is 13.4. The Morgan fingerprint density at radius 2 is 0.960 bits per heavy atom. The zero-order chi connectivity index (χ0) is 36.4. The molecule has 4 rings (SSSR count). The van der Waals surface area contributed by atoms with Gasteiger partial charge in [-0.15, -0.1) is 0 Å². The van der Waals surface area contributed by atoms with E-state index in [0.29, 0.717) is 0 Å². The Hall–Kier alpha value is -6.83. The summed E-state index contributed by atoms with van der Waals surface area (Å²) in [4.78, 5) is 86.6. The maximum absolute atomic E-state index is 13.4. The largest absolute Gasteiger partial charge is 0.480 e. The lowest BCUT2D eigenvalue weighted by Crippen LogP contribution is -2.42. The Bertz CT molecular complexity index is 1980. The molecule has 14 heteroatoms. The van der Waals surface area contributed by atoms with Crippen molar-refractivity contribution in [2.24, 2.45) is 0 Å². The summed E-state index contributed by atoms with van der Waals surface area (Å²) in [5, 5.41) is 12.4.